The van der Waals surface area contributed by atoms with Gasteiger partial charge in [0.2, 0.25) is 0 Å². The number of carbonyl (C=O) groups is 1. The average molecular weight is 203 g/mol. The molecule has 0 aliphatic carbocycles. The quantitative estimate of drug-likeness (QED) is 0.698. The lowest BCUT2D eigenvalue weighted by Crippen LogP contribution is -2.29. The Morgan fingerprint density at radius 2 is 2.40 bits per heavy atom. The molecule has 78 valence electrons. The number of pyridine rings is 1. The van der Waals surface area contributed by atoms with E-state index in [1.54, 1.807) is 12.1 Å². The monoisotopic (exact) mass is 203 g/mol. The van der Waals surface area contributed by atoms with Crippen molar-refractivity contribution in [3.05, 3.63) is 23.9 Å². The molecule has 1 rings (SSSR count). The van der Waals surface area contributed by atoms with E-state index in [2.05, 4.69) is 11.1 Å². The summed E-state index contributed by atoms with van der Waals surface area (Å²) in [5, 5.41) is 8.57. The summed E-state index contributed by atoms with van der Waals surface area (Å²) >= 11 is 0. The van der Waals surface area contributed by atoms with Crippen LogP contribution >= 0.6 is 0 Å². The zero-order valence-corrected chi connectivity index (χ0v) is 8.84. The maximum absolute atomic E-state index is 10.4. The van der Waals surface area contributed by atoms with Crippen molar-refractivity contribution in [2.75, 3.05) is 11.9 Å². The van der Waals surface area contributed by atoms with E-state index in [9.17, 15) is 4.79 Å². The average Bonchev–Trinajstić information content (AvgIpc) is 2.28. The Hall–Kier alpha value is -1.89. The summed E-state index contributed by atoms with van der Waals surface area (Å²) in [4.78, 5) is 16.5. The van der Waals surface area contributed by atoms with Crippen molar-refractivity contribution in [1.82, 2.24) is 4.98 Å². The number of aromatic nitrogens is 1. The van der Waals surface area contributed by atoms with Crippen molar-refractivity contribution < 1.29 is 4.79 Å². The van der Waals surface area contributed by atoms with Crippen molar-refractivity contribution in [3.8, 4) is 6.07 Å². The van der Waals surface area contributed by atoms with Crippen LogP contribution in [0.15, 0.2) is 18.3 Å². The molecule has 0 aromatic carbocycles. The minimum Gasteiger partial charge on any atom is -0.356 e. The Labute approximate surface area is 89.2 Å². The molecule has 0 aliphatic rings. The fraction of sp³-hybridized carbons (Fsp3) is 0.364. The van der Waals surface area contributed by atoms with Gasteiger partial charge in [-0.3, -0.25) is 4.79 Å². The zero-order valence-electron chi connectivity index (χ0n) is 8.84. The summed E-state index contributed by atoms with van der Waals surface area (Å²) < 4.78 is 0. The first-order valence-corrected chi connectivity index (χ1v) is 4.70. The third kappa shape index (κ3) is 2.78. The van der Waals surface area contributed by atoms with Crippen LogP contribution in [0.25, 0.3) is 0 Å². The summed E-state index contributed by atoms with van der Waals surface area (Å²) in [5.41, 5.74) is 0.556. The predicted molar refractivity (Wildman–Crippen MR) is 57.7 cm³/mol. The highest BCUT2D eigenvalue weighted by Gasteiger charge is 2.10. The molecule has 0 fully saturated rings. The SMILES string of the molecule is CC(CC#N)N(C)c1ccc(C=O)cn1. The number of aldehydes is 1. The van der Waals surface area contributed by atoms with E-state index in [0.717, 1.165) is 12.1 Å². The van der Waals surface area contributed by atoms with Crippen LogP contribution in [0.4, 0.5) is 5.82 Å². The number of hydrogen-bond donors (Lipinski definition) is 0. The standard InChI is InChI=1S/C11H13N3O/c1-9(5-6-12)14(2)11-4-3-10(8-15)7-13-11/h3-4,7-9H,5H2,1-2H3. The highest BCUT2D eigenvalue weighted by Crippen LogP contribution is 2.13. The largest absolute Gasteiger partial charge is 0.356 e. The number of carbonyl (C=O) groups excluding carboxylic acids is 1. The normalized spacial score (nSPS) is 11.5. The highest BCUT2D eigenvalue weighted by atomic mass is 16.1. The van der Waals surface area contributed by atoms with Gasteiger partial charge in [0.25, 0.3) is 0 Å². The second kappa shape index (κ2) is 5.11. The maximum Gasteiger partial charge on any atom is 0.151 e. The van der Waals surface area contributed by atoms with Crippen LogP contribution in [-0.4, -0.2) is 24.4 Å². The molecular weight excluding hydrogens is 190 g/mol. The molecule has 0 N–H and O–H groups in total. The molecule has 0 saturated heterocycles. The lowest BCUT2D eigenvalue weighted by Gasteiger charge is -2.23. The van der Waals surface area contributed by atoms with Gasteiger partial charge in [-0.1, -0.05) is 0 Å². The second-order valence-electron chi connectivity index (χ2n) is 3.39. The summed E-state index contributed by atoms with van der Waals surface area (Å²) in [6.45, 7) is 1.96. The van der Waals surface area contributed by atoms with Crippen molar-refractivity contribution in [2.24, 2.45) is 0 Å². The molecule has 0 aliphatic heterocycles. The van der Waals surface area contributed by atoms with Crippen LogP contribution in [0.2, 0.25) is 0 Å². The molecule has 0 radical (unpaired) electrons. The molecule has 1 aromatic rings. The second-order valence-corrected chi connectivity index (χ2v) is 3.39. The maximum atomic E-state index is 10.4. The third-order valence-corrected chi connectivity index (χ3v) is 2.32. The molecule has 1 aromatic heterocycles. The van der Waals surface area contributed by atoms with E-state index in [1.807, 2.05) is 18.9 Å². The molecule has 0 bridgehead atoms. The Balaban J connectivity index is 2.78. The Morgan fingerprint density at radius 1 is 1.67 bits per heavy atom. The molecule has 0 spiro atoms. The van der Waals surface area contributed by atoms with E-state index in [-0.39, 0.29) is 6.04 Å². The number of nitrogens with zero attached hydrogens (tertiary/aromatic N) is 3. The third-order valence-electron chi connectivity index (χ3n) is 2.32. The van der Waals surface area contributed by atoms with Gasteiger partial charge in [0.05, 0.1) is 12.5 Å². The highest BCUT2D eigenvalue weighted by molar-refractivity contribution is 5.74. The first-order chi connectivity index (χ1) is 7.19. The van der Waals surface area contributed by atoms with Crippen LogP contribution in [0.5, 0.6) is 0 Å². The van der Waals surface area contributed by atoms with Crippen molar-refractivity contribution in [1.29, 1.82) is 5.26 Å². The van der Waals surface area contributed by atoms with Crippen molar-refractivity contribution >= 4 is 12.1 Å². The Bertz CT molecular complexity index is 366. The first kappa shape index (κ1) is 11.2. The van der Waals surface area contributed by atoms with Crippen LogP contribution in [0.1, 0.15) is 23.7 Å². The smallest absolute Gasteiger partial charge is 0.151 e. The molecular formula is C11H13N3O. The topological polar surface area (TPSA) is 57.0 Å². The minimum atomic E-state index is 0.115. The number of hydrogen-bond acceptors (Lipinski definition) is 4. The van der Waals surface area contributed by atoms with E-state index in [4.69, 9.17) is 5.26 Å². The predicted octanol–water partition coefficient (Wildman–Crippen LogP) is 1.63. The minimum absolute atomic E-state index is 0.115. The van der Waals surface area contributed by atoms with E-state index in [1.165, 1.54) is 6.20 Å². The molecule has 0 amide bonds. The molecule has 4 heteroatoms. The van der Waals surface area contributed by atoms with Gasteiger partial charge < -0.3 is 4.90 Å². The lowest BCUT2D eigenvalue weighted by atomic mass is 10.2. The fourth-order valence-corrected chi connectivity index (χ4v) is 1.17. The number of rotatable bonds is 4. The first-order valence-electron chi connectivity index (χ1n) is 4.70. The van der Waals surface area contributed by atoms with Gasteiger partial charge in [-0.05, 0) is 19.1 Å². The molecule has 1 unspecified atom stereocenters. The summed E-state index contributed by atoms with van der Waals surface area (Å²) in [6.07, 6.45) is 2.74. The lowest BCUT2D eigenvalue weighted by molar-refractivity contribution is 0.112. The van der Waals surface area contributed by atoms with Crippen LogP contribution in [0.3, 0.4) is 0 Å². The van der Waals surface area contributed by atoms with Crippen LogP contribution in [-0.2, 0) is 0 Å². The van der Waals surface area contributed by atoms with Gasteiger partial charge in [0.1, 0.15) is 5.82 Å². The summed E-state index contributed by atoms with van der Waals surface area (Å²) in [7, 11) is 1.88. The van der Waals surface area contributed by atoms with Gasteiger partial charge in [0.15, 0.2) is 6.29 Å². The van der Waals surface area contributed by atoms with E-state index < -0.39 is 0 Å². The molecule has 4 nitrogen and oxygen atoms in total. The molecule has 1 heterocycles. The van der Waals surface area contributed by atoms with Crippen LogP contribution in [0, 0.1) is 11.3 Å². The summed E-state index contributed by atoms with van der Waals surface area (Å²) in [6, 6.07) is 5.72. The van der Waals surface area contributed by atoms with Crippen molar-refractivity contribution in [2.45, 2.75) is 19.4 Å². The Kier molecular flexibility index (Phi) is 3.81. The molecule has 0 saturated carbocycles. The van der Waals surface area contributed by atoms with Gasteiger partial charge in [0, 0.05) is 24.8 Å². The van der Waals surface area contributed by atoms with Crippen molar-refractivity contribution in [3.63, 3.8) is 0 Å². The van der Waals surface area contributed by atoms with Gasteiger partial charge in [-0.2, -0.15) is 5.26 Å². The van der Waals surface area contributed by atoms with Gasteiger partial charge >= 0.3 is 0 Å². The van der Waals surface area contributed by atoms with E-state index >= 15 is 0 Å². The number of nitriles is 1. The van der Waals surface area contributed by atoms with E-state index in [0.29, 0.717) is 12.0 Å². The number of anilines is 1. The van der Waals surface area contributed by atoms with Gasteiger partial charge in [-0.25, -0.2) is 4.98 Å². The zero-order chi connectivity index (χ0) is 11.3. The molecule has 1 atom stereocenters. The fourth-order valence-electron chi connectivity index (χ4n) is 1.17. The summed E-state index contributed by atoms with van der Waals surface area (Å²) in [5.74, 6) is 0.767. The van der Waals surface area contributed by atoms with Crippen LogP contribution < -0.4 is 4.90 Å². The van der Waals surface area contributed by atoms with Gasteiger partial charge in [-0.15, -0.1) is 0 Å². The molecule has 15 heavy (non-hydrogen) atoms. The Morgan fingerprint density at radius 3 is 2.87 bits per heavy atom.